The summed E-state index contributed by atoms with van der Waals surface area (Å²) in [5.74, 6) is -1.79. The van der Waals surface area contributed by atoms with E-state index >= 15 is 0 Å². The van der Waals surface area contributed by atoms with Crippen molar-refractivity contribution in [2.75, 3.05) is 12.0 Å². The summed E-state index contributed by atoms with van der Waals surface area (Å²) >= 11 is 0. The van der Waals surface area contributed by atoms with Gasteiger partial charge in [-0.3, -0.25) is 14.4 Å². The number of sulfone groups is 1. The van der Waals surface area contributed by atoms with Gasteiger partial charge in [0, 0.05) is 18.6 Å². The predicted molar refractivity (Wildman–Crippen MR) is 97.7 cm³/mol. The third-order valence-electron chi connectivity index (χ3n) is 4.18. The van der Waals surface area contributed by atoms with Crippen molar-refractivity contribution < 1.29 is 22.8 Å². The second kappa shape index (κ2) is 10.0. The average Bonchev–Trinajstić information content (AvgIpc) is 2.45. The Hall–Kier alpha value is -1.28. The van der Waals surface area contributed by atoms with Gasteiger partial charge in [0.2, 0.25) is 5.91 Å². The number of nitrogens with one attached hydrogen (secondary N) is 1. The lowest BCUT2D eigenvalue weighted by atomic mass is 9.87. The zero-order valence-electron chi connectivity index (χ0n) is 16.0. The topological polar surface area (TPSA) is 123 Å². The highest BCUT2D eigenvalue weighted by atomic mass is 32.2. The fourth-order valence-corrected chi connectivity index (χ4v) is 3.18. The molecule has 8 heteroatoms. The molecule has 0 unspecified atom stereocenters. The Balaban J connectivity index is 4.97. The Morgan fingerprint density at radius 3 is 1.92 bits per heavy atom. The second-order valence-electron chi connectivity index (χ2n) is 7.39. The van der Waals surface area contributed by atoms with Crippen LogP contribution in [0, 0.1) is 17.8 Å². The molecular weight excluding hydrogens is 344 g/mol. The van der Waals surface area contributed by atoms with E-state index in [1.807, 2.05) is 27.7 Å². The lowest BCUT2D eigenvalue weighted by molar-refractivity contribution is -0.134. The molecule has 0 aliphatic rings. The van der Waals surface area contributed by atoms with E-state index in [1.165, 1.54) is 6.92 Å². The van der Waals surface area contributed by atoms with Crippen LogP contribution >= 0.6 is 0 Å². The Bertz CT molecular complexity index is 584. The first-order valence-corrected chi connectivity index (χ1v) is 10.6. The molecule has 7 nitrogen and oxygen atoms in total. The number of amides is 1. The predicted octanol–water partition coefficient (Wildman–Crippen LogP) is 0.710. The Labute approximate surface area is 151 Å². The van der Waals surface area contributed by atoms with Crippen LogP contribution in [0.5, 0.6) is 0 Å². The molecule has 0 spiro atoms. The van der Waals surface area contributed by atoms with E-state index < -0.39 is 27.8 Å². The molecule has 0 rings (SSSR count). The molecule has 0 aliphatic heterocycles. The summed E-state index contributed by atoms with van der Waals surface area (Å²) in [7, 11) is -3.20. The fraction of sp³-hybridized carbons (Fsp3) is 0.824. The quantitative estimate of drug-likeness (QED) is 0.547. The maximum Gasteiger partial charge on any atom is 0.224 e. The maximum absolute atomic E-state index is 12.5. The number of carbonyl (C=O) groups excluding carboxylic acids is 3. The van der Waals surface area contributed by atoms with Crippen molar-refractivity contribution in [2.45, 2.75) is 59.5 Å². The monoisotopic (exact) mass is 376 g/mol. The molecule has 0 bridgehead atoms. The molecule has 0 saturated heterocycles. The van der Waals surface area contributed by atoms with Crippen LogP contribution in [0.2, 0.25) is 0 Å². The molecule has 0 aromatic rings. The minimum atomic E-state index is -3.20. The SMILES string of the molecule is CC(=O)[C@@H](NC(=O)[C@@H](CC(=O)[C@@H](N)CCS(C)(=O)=O)C(C)C)C(C)C. The molecule has 0 fully saturated rings. The van der Waals surface area contributed by atoms with Crippen LogP contribution in [-0.2, 0) is 24.2 Å². The number of ketones is 2. The maximum atomic E-state index is 12.5. The summed E-state index contributed by atoms with van der Waals surface area (Å²) < 4.78 is 22.4. The normalized spacial score (nSPS) is 15.7. The van der Waals surface area contributed by atoms with Crippen LogP contribution in [0.15, 0.2) is 0 Å². The van der Waals surface area contributed by atoms with Crippen LogP contribution in [0.4, 0.5) is 0 Å². The number of hydrogen-bond acceptors (Lipinski definition) is 6. The van der Waals surface area contributed by atoms with E-state index in [2.05, 4.69) is 5.32 Å². The van der Waals surface area contributed by atoms with Gasteiger partial charge >= 0.3 is 0 Å². The van der Waals surface area contributed by atoms with Crippen molar-refractivity contribution in [3.8, 4) is 0 Å². The molecule has 0 aliphatic carbocycles. The summed E-state index contributed by atoms with van der Waals surface area (Å²) in [6.45, 7) is 8.73. The van der Waals surface area contributed by atoms with E-state index in [0.717, 1.165) is 6.26 Å². The molecule has 146 valence electrons. The molecular formula is C17H32N2O5S. The van der Waals surface area contributed by atoms with Crippen LogP contribution in [0.3, 0.4) is 0 Å². The van der Waals surface area contributed by atoms with Crippen molar-refractivity contribution in [1.82, 2.24) is 5.32 Å². The van der Waals surface area contributed by atoms with E-state index in [9.17, 15) is 22.8 Å². The number of nitrogens with two attached hydrogens (primary N) is 1. The van der Waals surface area contributed by atoms with Gasteiger partial charge < -0.3 is 11.1 Å². The molecule has 3 atom stereocenters. The van der Waals surface area contributed by atoms with Crippen LogP contribution in [0.25, 0.3) is 0 Å². The Morgan fingerprint density at radius 2 is 1.56 bits per heavy atom. The smallest absolute Gasteiger partial charge is 0.224 e. The summed E-state index contributed by atoms with van der Waals surface area (Å²) in [6.07, 6.45) is 1.05. The van der Waals surface area contributed by atoms with E-state index in [1.54, 1.807) is 0 Å². The zero-order valence-corrected chi connectivity index (χ0v) is 16.9. The highest BCUT2D eigenvalue weighted by Gasteiger charge is 2.30. The zero-order chi connectivity index (χ0) is 19.9. The minimum Gasteiger partial charge on any atom is -0.346 e. The van der Waals surface area contributed by atoms with Gasteiger partial charge in [0.15, 0.2) is 5.78 Å². The minimum absolute atomic E-state index is 0.0339. The fourth-order valence-electron chi connectivity index (χ4n) is 2.50. The van der Waals surface area contributed by atoms with Crippen molar-refractivity contribution in [1.29, 1.82) is 0 Å². The second-order valence-corrected chi connectivity index (χ2v) is 9.65. The summed E-state index contributed by atoms with van der Waals surface area (Å²) in [5.41, 5.74) is 5.77. The number of carbonyl (C=O) groups is 3. The van der Waals surface area contributed by atoms with Gasteiger partial charge in [-0.15, -0.1) is 0 Å². The van der Waals surface area contributed by atoms with Crippen LogP contribution in [-0.4, -0.2) is 50.0 Å². The van der Waals surface area contributed by atoms with Gasteiger partial charge in [-0.2, -0.15) is 0 Å². The summed E-state index contributed by atoms with van der Waals surface area (Å²) in [5, 5.41) is 2.72. The van der Waals surface area contributed by atoms with Gasteiger partial charge in [-0.25, -0.2) is 8.42 Å². The van der Waals surface area contributed by atoms with Crippen molar-refractivity contribution in [3.63, 3.8) is 0 Å². The molecule has 25 heavy (non-hydrogen) atoms. The molecule has 0 aromatic carbocycles. The lowest BCUT2D eigenvalue weighted by Gasteiger charge is -2.26. The highest BCUT2D eigenvalue weighted by molar-refractivity contribution is 7.90. The van der Waals surface area contributed by atoms with Crippen molar-refractivity contribution in [3.05, 3.63) is 0 Å². The standard InChI is InChI=1S/C17H32N2O5S/c1-10(2)13(17(22)19-16(11(3)4)12(5)20)9-15(21)14(18)7-8-25(6,23)24/h10-11,13-14,16H,7-9,18H2,1-6H3,(H,19,22)/t13-,14-,16-/m0/s1. The Morgan fingerprint density at radius 1 is 1.04 bits per heavy atom. The highest BCUT2D eigenvalue weighted by Crippen LogP contribution is 2.18. The first kappa shape index (κ1) is 23.7. The molecule has 0 radical (unpaired) electrons. The number of Topliss-reactive ketones (excluding diaryl/α,β-unsaturated/α-hetero) is 2. The first-order valence-electron chi connectivity index (χ1n) is 8.53. The summed E-state index contributed by atoms with van der Waals surface area (Å²) in [6, 6.07) is -1.51. The number of hydrogen-bond donors (Lipinski definition) is 2. The van der Waals surface area contributed by atoms with Gasteiger partial charge in [0.1, 0.15) is 15.6 Å². The molecule has 0 saturated carbocycles. The molecule has 0 heterocycles. The molecule has 3 N–H and O–H groups in total. The Kier molecular flexibility index (Phi) is 9.50. The van der Waals surface area contributed by atoms with Gasteiger partial charge in [-0.1, -0.05) is 27.7 Å². The van der Waals surface area contributed by atoms with E-state index in [-0.39, 0.29) is 47.9 Å². The van der Waals surface area contributed by atoms with E-state index in [4.69, 9.17) is 5.73 Å². The van der Waals surface area contributed by atoms with Gasteiger partial charge in [0.05, 0.1) is 17.8 Å². The van der Waals surface area contributed by atoms with Crippen molar-refractivity contribution >= 4 is 27.3 Å². The van der Waals surface area contributed by atoms with Crippen LogP contribution < -0.4 is 11.1 Å². The number of rotatable bonds is 11. The van der Waals surface area contributed by atoms with Crippen LogP contribution in [0.1, 0.15) is 47.5 Å². The lowest BCUT2D eigenvalue weighted by Crippen LogP contribution is -2.47. The molecule has 1 amide bonds. The molecule has 0 aromatic heterocycles. The summed E-state index contributed by atoms with van der Waals surface area (Å²) in [4.78, 5) is 36.5. The third kappa shape index (κ3) is 9.11. The van der Waals surface area contributed by atoms with Crippen molar-refractivity contribution in [2.24, 2.45) is 23.5 Å². The average molecular weight is 377 g/mol. The largest absolute Gasteiger partial charge is 0.346 e. The van der Waals surface area contributed by atoms with E-state index in [0.29, 0.717) is 0 Å². The first-order chi connectivity index (χ1) is 11.3. The third-order valence-corrected chi connectivity index (χ3v) is 5.16. The van der Waals surface area contributed by atoms with Gasteiger partial charge in [-0.05, 0) is 25.2 Å². The van der Waals surface area contributed by atoms with Gasteiger partial charge in [0.25, 0.3) is 0 Å².